The van der Waals surface area contributed by atoms with Gasteiger partial charge in [-0.2, -0.15) is 0 Å². The summed E-state index contributed by atoms with van der Waals surface area (Å²) in [4.78, 5) is 12.1. The highest BCUT2D eigenvalue weighted by Crippen LogP contribution is 2.22. The monoisotopic (exact) mass is 233 g/mol. The number of hydrogen-bond donors (Lipinski definition) is 0. The van der Waals surface area contributed by atoms with Gasteiger partial charge in [-0.1, -0.05) is 54.6 Å². The molecule has 1 heterocycles. The van der Waals surface area contributed by atoms with Crippen LogP contribution < -0.4 is 0 Å². The Bertz CT molecular complexity index is 560. The summed E-state index contributed by atoms with van der Waals surface area (Å²) < 4.78 is 0. The van der Waals surface area contributed by atoms with Crippen LogP contribution in [0.25, 0.3) is 22.5 Å². The first-order valence-electron chi connectivity index (χ1n) is 5.71. The van der Waals surface area contributed by atoms with Crippen LogP contribution in [0.15, 0.2) is 67.3 Å². The van der Waals surface area contributed by atoms with Gasteiger partial charge in [0.15, 0.2) is 5.82 Å². The Balaban J connectivity index is 1.95. The van der Waals surface area contributed by atoms with Gasteiger partial charge in [-0.15, -0.1) is 0 Å². The Hall–Kier alpha value is -2.55. The highest BCUT2D eigenvalue weighted by Gasteiger charge is 2.01. The zero-order chi connectivity index (χ0) is 12.2. The van der Waals surface area contributed by atoms with Gasteiger partial charge in [0, 0.05) is 5.56 Å². The fourth-order valence-corrected chi connectivity index (χ4v) is 1.83. The van der Waals surface area contributed by atoms with Crippen LogP contribution in [-0.2, 0) is 0 Å². The zero-order valence-electron chi connectivity index (χ0n) is 9.69. The third-order valence-corrected chi connectivity index (χ3v) is 2.74. The fourth-order valence-electron chi connectivity index (χ4n) is 1.83. The molecule has 0 radical (unpaired) electrons. The molecule has 0 fully saturated rings. The summed E-state index contributed by atoms with van der Waals surface area (Å²) >= 11 is 0. The van der Waals surface area contributed by atoms with Gasteiger partial charge in [0.05, 0.1) is 0 Å². The van der Waals surface area contributed by atoms with E-state index >= 15 is 0 Å². The van der Waals surface area contributed by atoms with Crippen LogP contribution in [0.1, 0.15) is 0 Å². The second kappa shape index (κ2) is 4.75. The van der Waals surface area contributed by atoms with E-state index < -0.39 is 0 Å². The first-order valence-corrected chi connectivity index (χ1v) is 5.71. The molecule has 2 aromatic carbocycles. The molecule has 0 N–H and O–H groups in total. The number of aromatic nitrogens is 3. The van der Waals surface area contributed by atoms with Crippen molar-refractivity contribution in [2.75, 3.05) is 0 Å². The minimum atomic E-state index is 0.699. The van der Waals surface area contributed by atoms with Crippen LogP contribution in [-0.4, -0.2) is 15.0 Å². The summed E-state index contributed by atoms with van der Waals surface area (Å²) in [6, 6.07) is 18.5. The first-order chi connectivity index (χ1) is 8.93. The summed E-state index contributed by atoms with van der Waals surface area (Å²) in [5, 5.41) is 0. The van der Waals surface area contributed by atoms with Gasteiger partial charge in [0.1, 0.15) is 12.7 Å². The summed E-state index contributed by atoms with van der Waals surface area (Å²) in [6.45, 7) is 0. The van der Waals surface area contributed by atoms with Crippen LogP contribution in [0.3, 0.4) is 0 Å². The zero-order valence-corrected chi connectivity index (χ0v) is 9.69. The standard InChI is InChI=1S/C15H11N3/c1-2-4-12(5-3-1)13-6-8-14(9-7-13)15-17-10-16-11-18-15/h1-11H. The molecule has 0 saturated carbocycles. The van der Waals surface area contributed by atoms with Gasteiger partial charge in [-0.25, -0.2) is 15.0 Å². The Morgan fingerprint density at radius 2 is 1.11 bits per heavy atom. The van der Waals surface area contributed by atoms with Crippen molar-refractivity contribution in [1.82, 2.24) is 15.0 Å². The molecule has 0 aliphatic heterocycles. The Labute approximate surface area is 105 Å². The van der Waals surface area contributed by atoms with Gasteiger partial charge in [-0.3, -0.25) is 0 Å². The van der Waals surface area contributed by atoms with Gasteiger partial charge < -0.3 is 0 Å². The first kappa shape index (κ1) is 10.6. The minimum Gasteiger partial charge on any atom is -0.225 e. The van der Waals surface area contributed by atoms with Crippen molar-refractivity contribution in [3.63, 3.8) is 0 Å². The normalized spacial score (nSPS) is 10.2. The summed E-state index contributed by atoms with van der Waals surface area (Å²) in [5.74, 6) is 0.699. The average molecular weight is 233 g/mol. The lowest BCUT2D eigenvalue weighted by Gasteiger charge is -2.03. The molecular formula is C15H11N3. The number of benzene rings is 2. The van der Waals surface area contributed by atoms with Crippen LogP contribution in [0, 0.1) is 0 Å². The molecule has 1 aromatic heterocycles. The molecule has 3 heteroatoms. The molecule has 0 bridgehead atoms. The lowest BCUT2D eigenvalue weighted by molar-refractivity contribution is 1.06. The van der Waals surface area contributed by atoms with E-state index in [1.807, 2.05) is 30.3 Å². The predicted molar refractivity (Wildman–Crippen MR) is 70.7 cm³/mol. The molecule has 0 aliphatic rings. The third kappa shape index (κ3) is 2.11. The maximum atomic E-state index is 4.13. The second-order valence-electron chi connectivity index (χ2n) is 3.91. The lowest BCUT2D eigenvalue weighted by Crippen LogP contribution is -1.88. The predicted octanol–water partition coefficient (Wildman–Crippen LogP) is 3.21. The maximum absolute atomic E-state index is 4.13. The molecule has 0 atom stereocenters. The maximum Gasteiger partial charge on any atom is 0.162 e. The van der Waals surface area contributed by atoms with Crippen LogP contribution in [0.4, 0.5) is 0 Å². The van der Waals surface area contributed by atoms with Crippen molar-refractivity contribution in [1.29, 1.82) is 0 Å². The molecule has 3 nitrogen and oxygen atoms in total. The highest BCUT2D eigenvalue weighted by molar-refractivity contribution is 5.67. The largest absolute Gasteiger partial charge is 0.225 e. The average Bonchev–Trinajstić information content (AvgIpc) is 2.49. The Kier molecular flexibility index (Phi) is 2.80. The van der Waals surface area contributed by atoms with Crippen molar-refractivity contribution < 1.29 is 0 Å². The molecule has 0 aliphatic carbocycles. The second-order valence-corrected chi connectivity index (χ2v) is 3.91. The SMILES string of the molecule is c1ccc(-c2ccc(-c3ncncn3)cc2)cc1. The van der Waals surface area contributed by atoms with Gasteiger partial charge >= 0.3 is 0 Å². The number of rotatable bonds is 2. The molecular weight excluding hydrogens is 222 g/mol. The minimum absolute atomic E-state index is 0.699. The number of hydrogen-bond acceptors (Lipinski definition) is 3. The molecule has 0 saturated heterocycles. The van der Waals surface area contributed by atoms with Gasteiger partial charge in [0.25, 0.3) is 0 Å². The smallest absolute Gasteiger partial charge is 0.162 e. The molecule has 3 aromatic rings. The topological polar surface area (TPSA) is 38.7 Å². The van der Waals surface area contributed by atoms with E-state index in [0.29, 0.717) is 5.82 Å². The van der Waals surface area contributed by atoms with Crippen LogP contribution in [0.2, 0.25) is 0 Å². The van der Waals surface area contributed by atoms with Crippen molar-refractivity contribution in [2.24, 2.45) is 0 Å². The summed E-state index contributed by atoms with van der Waals surface area (Å²) in [6.07, 6.45) is 3.01. The molecule has 0 spiro atoms. The number of nitrogens with zero attached hydrogens (tertiary/aromatic N) is 3. The third-order valence-electron chi connectivity index (χ3n) is 2.74. The van der Waals surface area contributed by atoms with E-state index in [-0.39, 0.29) is 0 Å². The van der Waals surface area contributed by atoms with E-state index in [4.69, 9.17) is 0 Å². The molecule has 3 rings (SSSR count). The van der Waals surface area contributed by atoms with Gasteiger partial charge in [0.2, 0.25) is 0 Å². The molecule has 0 amide bonds. The molecule has 18 heavy (non-hydrogen) atoms. The highest BCUT2D eigenvalue weighted by atomic mass is 15.0. The lowest BCUT2D eigenvalue weighted by atomic mass is 10.0. The quantitative estimate of drug-likeness (QED) is 0.682. The van der Waals surface area contributed by atoms with Gasteiger partial charge in [-0.05, 0) is 11.1 Å². The molecule has 86 valence electrons. The van der Waals surface area contributed by atoms with Crippen LogP contribution >= 0.6 is 0 Å². The Morgan fingerprint density at radius 3 is 1.78 bits per heavy atom. The molecule has 0 unspecified atom stereocenters. The van der Waals surface area contributed by atoms with Crippen molar-refractivity contribution in [3.05, 3.63) is 67.3 Å². The Morgan fingerprint density at radius 1 is 0.556 bits per heavy atom. The summed E-state index contributed by atoms with van der Waals surface area (Å²) in [5.41, 5.74) is 3.39. The summed E-state index contributed by atoms with van der Waals surface area (Å²) in [7, 11) is 0. The van der Waals surface area contributed by atoms with E-state index in [1.165, 1.54) is 23.8 Å². The van der Waals surface area contributed by atoms with E-state index in [1.54, 1.807) is 0 Å². The van der Waals surface area contributed by atoms with E-state index in [9.17, 15) is 0 Å². The van der Waals surface area contributed by atoms with Crippen molar-refractivity contribution >= 4 is 0 Å². The van der Waals surface area contributed by atoms with Crippen molar-refractivity contribution in [3.8, 4) is 22.5 Å². The van der Waals surface area contributed by atoms with E-state index in [0.717, 1.165) is 5.56 Å². The van der Waals surface area contributed by atoms with Crippen LogP contribution in [0.5, 0.6) is 0 Å². The fraction of sp³-hybridized carbons (Fsp3) is 0. The van der Waals surface area contributed by atoms with Crippen molar-refractivity contribution in [2.45, 2.75) is 0 Å². The van der Waals surface area contributed by atoms with E-state index in [2.05, 4.69) is 39.2 Å².